The molecule has 0 unspecified atom stereocenters. The van der Waals surface area contributed by atoms with Crippen molar-refractivity contribution < 1.29 is 37.4 Å². The summed E-state index contributed by atoms with van der Waals surface area (Å²) >= 11 is 0. The molecule has 0 amide bonds. The lowest BCUT2D eigenvalue weighted by molar-refractivity contribution is -0.560. The van der Waals surface area contributed by atoms with E-state index < -0.39 is 15.5 Å². The average molecular weight is 346 g/mol. The van der Waals surface area contributed by atoms with E-state index >= 15 is 0 Å². The van der Waals surface area contributed by atoms with Gasteiger partial charge in [-0.3, -0.25) is 19.6 Å². The molecule has 0 saturated carbocycles. The Morgan fingerprint density at radius 1 is 0.909 bits per heavy atom. The number of hydrogen-bond donors (Lipinski definition) is 4. The van der Waals surface area contributed by atoms with Crippen LogP contribution in [0.15, 0.2) is 42.7 Å². The summed E-state index contributed by atoms with van der Waals surface area (Å²) in [4.78, 5) is 37.9. The minimum atomic E-state index is -4.68. The lowest BCUT2D eigenvalue weighted by Gasteiger charge is -2.08. The first kappa shape index (κ1) is 17.0. The Balaban J connectivity index is 2.90. The normalized spacial score (nSPS) is 12.4. The van der Waals surface area contributed by atoms with Gasteiger partial charge in [-0.2, -0.15) is 9.13 Å². The third-order valence-electron chi connectivity index (χ3n) is 3.08. The molecule has 0 aliphatic heterocycles. The van der Waals surface area contributed by atoms with Crippen molar-refractivity contribution in [2.45, 2.75) is 13.3 Å². The molecule has 22 heavy (non-hydrogen) atoms. The average Bonchev–Trinajstić information content (AvgIpc) is 2.44. The van der Waals surface area contributed by atoms with Gasteiger partial charge >= 0.3 is 15.5 Å². The van der Waals surface area contributed by atoms with Crippen LogP contribution >= 0.6 is 15.5 Å². The largest absolute Gasteiger partial charge is 0.608 e. The molecule has 0 atom stereocenters. The minimum Gasteiger partial charge on any atom is -0.271 e. The van der Waals surface area contributed by atoms with Gasteiger partial charge in [0.1, 0.15) is 0 Å². The van der Waals surface area contributed by atoms with E-state index in [1.807, 2.05) is 0 Å². The van der Waals surface area contributed by atoms with Crippen LogP contribution in [0.2, 0.25) is 0 Å². The van der Waals surface area contributed by atoms with E-state index in [4.69, 9.17) is 0 Å². The van der Waals surface area contributed by atoms with Gasteiger partial charge in [0.2, 0.25) is 0 Å². The second kappa shape index (κ2) is 6.01. The quantitative estimate of drug-likeness (QED) is 0.594. The van der Waals surface area contributed by atoms with Gasteiger partial charge < -0.3 is 0 Å². The smallest absolute Gasteiger partial charge is 0.271 e. The van der Waals surface area contributed by atoms with Gasteiger partial charge in [0.25, 0.3) is 11.4 Å². The highest BCUT2D eigenvalue weighted by Crippen LogP contribution is 2.35. The minimum absolute atomic E-state index is 0.0246. The summed E-state index contributed by atoms with van der Waals surface area (Å²) in [6.07, 6.45) is 2.80. The van der Waals surface area contributed by atoms with Crippen LogP contribution in [-0.2, 0) is 15.6 Å². The van der Waals surface area contributed by atoms with Gasteiger partial charge in [0.15, 0.2) is 12.4 Å². The molecule has 0 aliphatic carbocycles. The second-order valence-corrected chi connectivity index (χ2v) is 7.45. The van der Waals surface area contributed by atoms with Crippen molar-refractivity contribution in [3.63, 3.8) is 0 Å². The lowest BCUT2D eigenvalue weighted by Crippen LogP contribution is -2.40. The van der Waals surface area contributed by atoms with Crippen LogP contribution in [0.5, 0.6) is 0 Å². The van der Waals surface area contributed by atoms with Crippen molar-refractivity contribution in [1.29, 1.82) is 0 Å². The highest BCUT2D eigenvalue weighted by Gasteiger charge is 2.41. The van der Waals surface area contributed by atoms with Crippen molar-refractivity contribution in [3.8, 4) is 11.4 Å². The molecular weight excluding hydrogens is 330 g/mol. The molecule has 0 spiro atoms. The maximum atomic E-state index is 11.7. The summed E-state index contributed by atoms with van der Waals surface area (Å²) in [5, 5.41) is 0. The highest BCUT2D eigenvalue weighted by atomic mass is 31.2. The summed E-state index contributed by atoms with van der Waals surface area (Å²) in [7, 11) is -9.36. The molecule has 2 heterocycles. The number of nitrogens with zero attached hydrogens (tertiary/aromatic N) is 2. The fourth-order valence-electron chi connectivity index (χ4n) is 2.17. The zero-order valence-corrected chi connectivity index (χ0v) is 13.4. The topological polar surface area (TPSA) is 123 Å². The van der Waals surface area contributed by atoms with E-state index in [0.29, 0.717) is 16.3 Å². The summed E-state index contributed by atoms with van der Waals surface area (Å²) < 4.78 is 24.8. The van der Waals surface area contributed by atoms with Crippen molar-refractivity contribution in [2.24, 2.45) is 0 Å². The van der Waals surface area contributed by atoms with E-state index in [0.717, 1.165) is 4.34 Å². The summed E-state index contributed by atoms with van der Waals surface area (Å²) in [6.45, 7) is 1.79. The molecule has 118 valence electrons. The van der Waals surface area contributed by atoms with Gasteiger partial charge in [-0.1, -0.05) is 6.92 Å². The van der Waals surface area contributed by atoms with Crippen molar-refractivity contribution in [3.05, 3.63) is 48.3 Å². The molecule has 2 aromatic heterocycles. The van der Waals surface area contributed by atoms with Crippen molar-refractivity contribution >= 4 is 15.5 Å². The number of hydrogen-bond acceptors (Lipinski definition) is 2. The van der Waals surface area contributed by atoms with E-state index in [1.165, 1.54) is 36.7 Å². The summed E-state index contributed by atoms with van der Waals surface area (Å²) in [5.41, 5.74) is 0.651. The van der Waals surface area contributed by atoms with Gasteiger partial charge in [-0.15, -0.1) is 8.68 Å². The monoisotopic (exact) mass is 346 g/mol. The van der Waals surface area contributed by atoms with Gasteiger partial charge in [0.05, 0.1) is 0 Å². The number of aromatic nitrogens is 2. The Labute approximate surface area is 126 Å². The van der Waals surface area contributed by atoms with E-state index in [2.05, 4.69) is 0 Å². The van der Waals surface area contributed by atoms with Crippen molar-refractivity contribution in [2.75, 3.05) is 0 Å². The first-order chi connectivity index (χ1) is 10.2. The van der Waals surface area contributed by atoms with Gasteiger partial charge in [-0.25, -0.2) is 0 Å². The van der Waals surface area contributed by atoms with E-state index in [-0.39, 0.29) is 11.4 Å². The van der Waals surface area contributed by atoms with Crippen LogP contribution in [0, 0.1) is 0 Å². The maximum Gasteiger partial charge on any atom is 0.608 e. The first-order valence-electron chi connectivity index (χ1n) is 6.33. The number of aryl methyl sites for hydroxylation is 1. The molecule has 0 radical (unpaired) electrons. The number of rotatable bonds is 4. The molecule has 2 rings (SSSR count). The molecule has 0 fully saturated rings. The van der Waals surface area contributed by atoms with Crippen LogP contribution in [-0.4, -0.2) is 19.6 Å². The Kier molecular flexibility index (Phi) is 4.63. The van der Waals surface area contributed by atoms with E-state index in [9.17, 15) is 28.7 Å². The van der Waals surface area contributed by atoms with Crippen molar-refractivity contribution in [1.82, 2.24) is 0 Å². The molecular formula is C12H16N2O6P2+2. The van der Waals surface area contributed by atoms with Gasteiger partial charge in [0, 0.05) is 23.8 Å². The molecule has 0 saturated heterocycles. The standard InChI is InChI=1S/C12H14N2O6P2/c1-2-10-6-5-9-14(22(18,19)20)12(10)11-7-3-4-8-13(11)21(15,16)17/h3-9H,2H2,1H3,(H2-2,15,16,17,18,19,20)/p+2. The molecule has 0 aliphatic rings. The van der Waals surface area contributed by atoms with Crippen LogP contribution in [0.1, 0.15) is 12.5 Å². The molecule has 8 nitrogen and oxygen atoms in total. The summed E-state index contributed by atoms with van der Waals surface area (Å²) in [5.74, 6) is 0. The third-order valence-corrected chi connectivity index (χ3v) is 4.89. The predicted octanol–water partition coefficient (Wildman–Crippen LogP) is 0.373. The van der Waals surface area contributed by atoms with Crippen LogP contribution < -0.4 is 8.68 Å². The van der Waals surface area contributed by atoms with Crippen LogP contribution in [0.4, 0.5) is 0 Å². The van der Waals surface area contributed by atoms with E-state index in [1.54, 1.807) is 13.0 Å². The Hall–Kier alpha value is -1.40. The zero-order valence-electron chi connectivity index (χ0n) is 11.6. The zero-order chi connectivity index (χ0) is 16.5. The Morgan fingerprint density at radius 3 is 2.05 bits per heavy atom. The third kappa shape index (κ3) is 3.33. The SMILES string of the molecule is CCc1ccc[n+](P(=O)(O)O)c1-c1cccc[n+]1P(=O)(O)O. The molecule has 0 aromatic carbocycles. The molecule has 2 aromatic rings. The lowest BCUT2D eigenvalue weighted by atomic mass is 10.1. The fraction of sp³-hybridized carbons (Fsp3) is 0.167. The second-order valence-electron chi connectivity index (χ2n) is 4.54. The maximum absolute atomic E-state index is 11.7. The number of pyridine rings is 2. The van der Waals surface area contributed by atoms with Crippen LogP contribution in [0.25, 0.3) is 11.4 Å². The fourth-order valence-corrected chi connectivity index (χ4v) is 3.61. The first-order valence-corrected chi connectivity index (χ1v) is 9.46. The van der Waals surface area contributed by atoms with Crippen LogP contribution in [0.3, 0.4) is 0 Å². The molecule has 10 heteroatoms. The Bertz CT molecular complexity index is 798. The Morgan fingerprint density at radius 2 is 1.50 bits per heavy atom. The highest BCUT2D eigenvalue weighted by molar-refractivity contribution is 7.44. The predicted molar refractivity (Wildman–Crippen MR) is 76.5 cm³/mol. The molecule has 0 bridgehead atoms. The molecule has 4 N–H and O–H groups in total. The van der Waals surface area contributed by atoms with Gasteiger partial charge in [-0.05, 0) is 18.6 Å². The summed E-state index contributed by atoms with van der Waals surface area (Å²) in [6, 6.07) is 7.50.